The molecule has 8 nitrogen and oxygen atoms in total. The normalized spacial score (nSPS) is 10.5. The van der Waals surface area contributed by atoms with E-state index in [4.69, 9.17) is 9.47 Å². The highest BCUT2D eigenvalue weighted by Gasteiger charge is 2.18. The number of unbranched alkanes of at least 4 members (excludes halogenated alkanes) is 1. The molecule has 1 amide bonds. The summed E-state index contributed by atoms with van der Waals surface area (Å²) in [4.78, 5) is 16.7. The molecular formula is C20H21N5O3. The second-order valence-electron chi connectivity index (χ2n) is 6.20. The molecule has 2 heterocycles. The predicted molar refractivity (Wildman–Crippen MR) is 105 cm³/mol. The van der Waals surface area contributed by atoms with Gasteiger partial charge in [-0.05, 0) is 31.0 Å². The van der Waals surface area contributed by atoms with Crippen molar-refractivity contribution in [1.82, 2.24) is 14.8 Å². The molecular weight excluding hydrogens is 358 g/mol. The van der Waals surface area contributed by atoms with Crippen molar-refractivity contribution >= 4 is 22.8 Å². The van der Waals surface area contributed by atoms with E-state index in [0.29, 0.717) is 23.7 Å². The van der Waals surface area contributed by atoms with Gasteiger partial charge in [0.15, 0.2) is 11.6 Å². The number of nitriles is 1. The number of carbonyl (C=O) groups is 1. The van der Waals surface area contributed by atoms with Crippen LogP contribution in [0.4, 0.5) is 10.6 Å². The topological polar surface area (TPSA) is 102 Å². The van der Waals surface area contributed by atoms with Crippen LogP contribution in [0.1, 0.15) is 30.9 Å². The molecule has 3 rings (SSSR count). The lowest BCUT2D eigenvalue weighted by Crippen LogP contribution is -2.18. The molecule has 0 atom stereocenters. The number of nitrogens with zero attached hydrogens (tertiary/aromatic N) is 4. The molecule has 0 bridgehead atoms. The molecule has 1 aromatic carbocycles. The van der Waals surface area contributed by atoms with Gasteiger partial charge in [0.05, 0.1) is 19.9 Å². The zero-order chi connectivity index (χ0) is 20.1. The zero-order valence-corrected chi connectivity index (χ0v) is 16.0. The van der Waals surface area contributed by atoms with Gasteiger partial charge >= 0.3 is 6.09 Å². The zero-order valence-electron chi connectivity index (χ0n) is 16.0. The lowest BCUT2D eigenvalue weighted by atomic mass is 10.1. The molecule has 3 aromatic rings. The number of para-hydroxylation sites is 1. The number of hydrogen-bond acceptors (Lipinski definition) is 6. The Labute approximate surface area is 162 Å². The van der Waals surface area contributed by atoms with Crippen LogP contribution in [0.5, 0.6) is 5.75 Å². The molecule has 1 N–H and O–H groups in total. The molecule has 0 radical (unpaired) electrons. The number of ether oxygens (including phenoxy) is 2. The summed E-state index contributed by atoms with van der Waals surface area (Å²) in [7, 11) is 1.58. The number of methoxy groups -OCH3 is 1. The number of nitrogens with one attached hydrogen (secondary N) is 1. The van der Waals surface area contributed by atoms with E-state index in [9.17, 15) is 10.1 Å². The highest BCUT2D eigenvalue weighted by atomic mass is 16.5. The van der Waals surface area contributed by atoms with Gasteiger partial charge in [-0.25, -0.2) is 9.78 Å². The van der Waals surface area contributed by atoms with Crippen LogP contribution >= 0.6 is 0 Å². The van der Waals surface area contributed by atoms with Crippen LogP contribution in [0, 0.1) is 18.3 Å². The molecule has 0 saturated heterocycles. The second-order valence-corrected chi connectivity index (χ2v) is 6.20. The summed E-state index contributed by atoms with van der Waals surface area (Å²) >= 11 is 0. The van der Waals surface area contributed by atoms with Crippen molar-refractivity contribution in [3.8, 4) is 17.6 Å². The first-order valence-corrected chi connectivity index (χ1v) is 8.95. The molecule has 0 spiro atoms. The Morgan fingerprint density at radius 2 is 2.21 bits per heavy atom. The van der Waals surface area contributed by atoms with Gasteiger partial charge in [0.2, 0.25) is 0 Å². The molecule has 0 aliphatic rings. The number of amides is 1. The van der Waals surface area contributed by atoms with E-state index < -0.39 is 6.09 Å². The van der Waals surface area contributed by atoms with Crippen LogP contribution in [0.3, 0.4) is 0 Å². The second kappa shape index (κ2) is 8.39. The number of pyridine rings is 1. The predicted octanol–water partition coefficient (Wildman–Crippen LogP) is 3.96. The number of aromatic nitrogens is 3. The van der Waals surface area contributed by atoms with E-state index in [2.05, 4.69) is 15.4 Å². The molecule has 0 fully saturated rings. The Hall–Kier alpha value is -3.60. The van der Waals surface area contributed by atoms with Crippen molar-refractivity contribution in [3.63, 3.8) is 0 Å². The van der Waals surface area contributed by atoms with Gasteiger partial charge in [-0.1, -0.05) is 25.5 Å². The lowest BCUT2D eigenvalue weighted by molar-refractivity contribution is 0.159. The molecule has 0 aliphatic carbocycles. The molecule has 28 heavy (non-hydrogen) atoms. The first-order valence-electron chi connectivity index (χ1n) is 8.95. The number of carbonyl (C=O) groups excluding carboxylic acids is 1. The molecule has 0 unspecified atom stereocenters. The highest BCUT2D eigenvalue weighted by molar-refractivity contribution is 5.89. The smallest absolute Gasteiger partial charge is 0.412 e. The van der Waals surface area contributed by atoms with Crippen LogP contribution in [-0.4, -0.2) is 34.6 Å². The maximum absolute atomic E-state index is 12.1. The van der Waals surface area contributed by atoms with Gasteiger partial charge in [0.1, 0.15) is 22.9 Å². The third-order valence-corrected chi connectivity index (χ3v) is 4.27. The first-order chi connectivity index (χ1) is 13.6. The van der Waals surface area contributed by atoms with E-state index >= 15 is 0 Å². The fraction of sp³-hybridized carbons (Fsp3) is 0.300. The summed E-state index contributed by atoms with van der Waals surface area (Å²) in [5.74, 6) is 1.30. The first kappa shape index (κ1) is 19.2. The summed E-state index contributed by atoms with van der Waals surface area (Å²) in [5.41, 5.74) is 1.85. The Kier molecular flexibility index (Phi) is 5.75. The Morgan fingerprint density at radius 3 is 2.93 bits per heavy atom. The third kappa shape index (κ3) is 3.74. The number of fused-ring (bicyclic) bond motifs is 1. The largest absolute Gasteiger partial charge is 0.494 e. The van der Waals surface area contributed by atoms with Gasteiger partial charge in [-0.2, -0.15) is 15.0 Å². The van der Waals surface area contributed by atoms with E-state index in [1.165, 1.54) is 10.9 Å². The lowest BCUT2D eigenvalue weighted by Gasteiger charge is -2.12. The highest BCUT2D eigenvalue weighted by Crippen LogP contribution is 2.29. The summed E-state index contributed by atoms with van der Waals surface area (Å²) in [5, 5.41) is 17.2. The number of rotatable bonds is 6. The monoisotopic (exact) mass is 379 g/mol. The molecule has 0 saturated carbocycles. The van der Waals surface area contributed by atoms with Gasteiger partial charge in [-0.3, -0.25) is 5.32 Å². The fourth-order valence-electron chi connectivity index (χ4n) is 2.81. The molecule has 2 aromatic heterocycles. The molecule has 144 valence electrons. The summed E-state index contributed by atoms with van der Waals surface area (Å²) < 4.78 is 12.0. The van der Waals surface area contributed by atoms with Crippen LogP contribution in [0.25, 0.3) is 16.7 Å². The number of aryl methyl sites for hydroxylation is 1. The van der Waals surface area contributed by atoms with E-state index in [0.717, 1.165) is 23.8 Å². The van der Waals surface area contributed by atoms with Crippen molar-refractivity contribution in [1.29, 1.82) is 5.26 Å². The average Bonchev–Trinajstić information content (AvgIpc) is 3.10. The van der Waals surface area contributed by atoms with E-state index in [1.807, 2.05) is 44.2 Å². The fourth-order valence-corrected chi connectivity index (χ4v) is 2.81. The summed E-state index contributed by atoms with van der Waals surface area (Å²) in [6.45, 7) is 4.27. The van der Waals surface area contributed by atoms with Crippen molar-refractivity contribution < 1.29 is 14.3 Å². The standard InChI is InChI=1S/C20H21N5O3/c1-4-5-9-28-20(26)24-19-14(11-21)12-22-25(19)17-10-13(2)15-7-6-8-16(27-3)18(15)23-17/h6-8,10,12H,4-5,9H2,1-3H3,(H,24,26). The number of anilines is 1. The minimum atomic E-state index is -0.637. The van der Waals surface area contributed by atoms with Crippen molar-refractivity contribution in [2.45, 2.75) is 26.7 Å². The van der Waals surface area contributed by atoms with E-state index in [1.54, 1.807) is 7.11 Å². The third-order valence-electron chi connectivity index (χ3n) is 4.27. The molecule has 0 aliphatic heterocycles. The Balaban J connectivity index is 2.03. The van der Waals surface area contributed by atoms with Crippen LogP contribution in [0.15, 0.2) is 30.5 Å². The summed E-state index contributed by atoms with van der Waals surface area (Å²) in [6.07, 6.45) is 2.42. The van der Waals surface area contributed by atoms with Crippen molar-refractivity contribution in [3.05, 3.63) is 41.6 Å². The average molecular weight is 379 g/mol. The number of benzene rings is 1. The van der Waals surface area contributed by atoms with Crippen molar-refractivity contribution in [2.24, 2.45) is 0 Å². The van der Waals surface area contributed by atoms with E-state index in [-0.39, 0.29) is 11.4 Å². The minimum Gasteiger partial charge on any atom is -0.494 e. The van der Waals surface area contributed by atoms with Crippen LogP contribution in [-0.2, 0) is 4.74 Å². The van der Waals surface area contributed by atoms with Gasteiger partial charge in [0, 0.05) is 5.39 Å². The Bertz CT molecular complexity index is 1050. The van der Waals surface area contributed by atoms with Gasteiger partial charge in [0.25, 0.3) is 0 Å². The maximum Gasteiger partial charge on any atom is 0.412 e. The maximum atomic E-state index is 12.1. The van der Waals surface area contributed by atoms with Crippen molar-refractivity contribution in [2.75, 3.05) is 19.0 Å². The minimum absolute atomic E-state index is 0.213. The molecule has 8 heteroatoms. The van der Waals surface area contributed by atoms with Gasteiger partial charge < -0.3 is 9.47 Å². The SMILES string of the molecule is CCCCOC(=O)Nc1c(C#N)cnn1-c1cc(C)c2cccc(OC)c2n1. The quantitative estimate of drug-likeness (QED) is 0.651. The van der Waals surface area contributed by atoms with Gasteiger partial charge in [-0.15, -0.1) is 0 Å². The Morgan fingerprint density at radius 1 is 1.39 bits per heavy atom. The summed E-state index contributed by atoms with van der Waals surface area (Å²) in [6, 6.07) is 9.55. The number of hydrogen-bond donors (Lipinski definition) is 1. The van der Waals surface area contributed by atoms with Crippen LogP contribution in [0.2, 0.25) is 0 Å². The van der Waals surface area contributed by atoms with Crippen LogP contribution < -0.4 is 10.1 Å².